The molecule has 1 aromatic rings. The third kappa shape index (κ3) is 3.56. The summed E-state index contributed by atoms with van der Waals surface area (Å²) in [6.07, 6.45) is 3.37. The van der Waals surface area contributed by atoms with E-state index in [1.165, 1.54) is 31.5 Å². The first-order chi connectivity index (χ1) is 10.2. The minimum atomic E-state index is -0.108. The van der Waals surface area contributed by atoms with Gasteiger partial charge in [-0.25, -0.2) is 0 Å². The van der Waals surface area contributed by atoms with E-state index in [4.69, 9.17) is 0 Å². The van der Waals surface area contributed by atoms with E-state index in [0.717, 1.165) is 31.1 Å². The smallest absolute Gasteiger partial charge is 0.242 e. The van der Waals surface area contributed by atoms with Crippen molar-refractivity contribution in [1.29, 1.82) is 0 Å². The van der Waals surface area contributed by atoms with Crippen LogP contribution in [0, 0.1) is 5.92 Å². The molecule has 2 heterocycles. The third-order valence-electron chi connectivity index (χ3n) is 4.69. The maximum atomic E-state index is 12.2. The second kappa shape index (κ2) is 6.48. The van der Waals surface area contributed by atoms with Crippen molar-refractivity contribution >= 4 is 11.6 Å². The number of likely N-dealkylation sites (tertiary alicyclic amines) is 1. The molecule has 1 aromatic carbocycles. The highest BCUT2D eigenvalue weighted by Crippen LogP contribution is 2.25. The molecule has 2 aliphatic heterocycles. The van der Waals surface area contributed by atoms with Gasteiger partial charge in [0.1, 0.15) is 6.04 Å². The maximum Gasteiger partial charge on any atom is 0.242 e. The number of piperidine rings is 1. The van der Waals surface area contributed by atoms with Gasteiger partial charge in [-0.05, 0) is 43.5 Å². The van der Waals surface area contributed by atoms with Crippen LogP contribution in [-0.4, -0.2) is 43.0 Å². The lowest BCUT2D eigenvalue weighted by Crippen LogP contribution is -2.43. The van der Waals surface area contributed by atoms with Crippen LogP contribution in [0.3, 0.4) is 0 Å². The first-order valence-corrected chi connectivity index (χ1v) is 8.07. The van der Waals surface area contributed by atoms with Crippen molar-refractivity contribution in [3.05, 3.63) is 29.8 Å². The number of carbonyl (C=O) groups is 1. The average molecular weight is 287 g/mol. The predicted molar refractivity (Wildman–Crippen MR) is 85.4 cm³/mol. The summed E-state index contributed by atoms with van der Waals surface area (Å²) in [6.45, 7) is 6.39. The number of benzene rings is 1. The van der Waals surface area contributed by atoms with Crippen LogP contribution in [0.5, 0.6) is 0 Å². The van der Waals surface area contributed by atoms with Gasteiger partial charge in [0.15, 0.2) is 0 Å². The Hall–Kier alpha value is -1.55. The Labute approximate surface area is 126 Å². The van der Waals surface area contributed by atoms with E-state index in [9.17, 15) is 4.79 Å². The highest BCUT2D eigenvalue weighted by atomic mass is 16.2. The molecule has 0 spiro atoms. The number of anilines is 1. The Morgan fingerprint density at radius 2 is 2.10 bits per heavy atom. The average Bonchev–Trinajstić information content (AvgIpc) is 2.93. The summed E-state index contributed by atoms with van der Waals surface area (Å²) in [5.41, 5.74) is 2.34. The molecule has 0 saturated carbocycles. The minimum Gasteiger partial charge on any atom is -0.373 e. The zero-order chi connectivity index (χ0) is 14.7. The molecule has 1 amide bonds. The molecule has 2 N–H and O–H groups in total. The van der Waals surface area contributed by atoms with Crippen LogP contribution >= 0.6 is 0 Å². The van der Waals surface area contributed by atoms with Crippen molar-refractivity contribution in [2.24, 2.45) is 5.92 Å². The van der Waals surface area contributed by atoms with Crippen LogP contribution in [0.1, 0.15) is 25.3 Å². The maximum absolute atomic E-state index is 12.2. The number of para-hydroxylation sites is 1. The van der Waals surface area contributed by atoms with Crippen LogP contribution in [-0.2, 0) is 11.2 Å². The molecular weight excluding hydrogens is 262 g/mol. The molecule has 0 bridgehead atoms. The van der Waals surface area contributed by atoms with Gasteiger partial charge in [0.2, 0.25) is 5.91 Å². The van der Waals surface area contributed by atoms with Crippen molar-refractivity contribution in [2.45, 2.75) is 32.2 Å². The highest BCUT2D eigenvalue weighted by molar-refractivity contribution is 5.87. The van der Waals surface area contributed by atoms with E-state index in [1.54, 1.807) is 0 Å². The lowest BCUT2D eigenvalue weighted by Gasteiger charge is -2.30. The van der Waals surface area contributed by atoms with Crippen LogP contribution in [0.2, 0.25) is 0 Å². The van der Waals surface area contributed by atoms with Gasteiger partial charge in [-0.2, -0.15) is 0 Å². The van der Waals surface area contributed by atoms with Gasteiger partial charge in [0.05, 0.1) is 0 Å². The third-order valence-corrected chi connectivity index (χ3v) is 4.69. The van der Waals surface area contributed by atoms with Crippen LogP contribution in [0.4, 0.5) is 5.69 Å². The van der Waals surface area contributed by atoms with E-state index < -0.39 is 0 Å². The second-order valence-electron chi connectivity index (χ2n) is 6.37. The fourth-order valence-corrected chi connectivity index (χ4v) is 3.20. The van der Waals surface area contributed by atoms with E-state index >= 15 is 0 Å². The molecule has 1 unspecified atom stereocenters. The van der Waals surface area contributed by atoms with Gasteiger partial charge in [0.25, 0.3) is 0 Å². The number of nitrogens with zero attached hydrogens (tertiary/aromatic N) is 1. The first-order valence-electron chi connectivity index (χ1n) is 8.07. The summed E-state index contributed by atoms with van der Waals surface area (Å²) in [4.78, 5) is 14.7. The summed E-state index contributed by atoms with van der Waals surface area (Å²) in [7, 11) is 0. The van der Waals surface area contributed by atoms with E-state index in [2.05, 4.69) is 28.5 Å². The molecule has 114 valence electrons. The van der Waals surface area contributed by atoms with Gasteiger partial charge in [-0.1, -0.05) is 25.1 Å². The van der Waals surface area contributed by atoms with Gasteiger partial charge in [-0.15, -0.1) is 0 Å². The summed E-state index contributed by atoms with van der Waals surface area (Å²) in [6, 6.07) is 8.05. The van der Waals surface area contributed by atoms with E-state index in [-0.39, 0.29) is 11.9 Å². The Morgan fingerprint density at radius 3 is 2.86 bits per heavy atom. The molecule has 4 heteroatoms. The van der Waals surface area contributed by atoms with E-state index in [0.29, 0.717) is 0 Å². The van der Waals surface area contributed by atoms with E-state index in [1.807, 2.05) is 18.2 Å². The van der Waals surface area contributed by atoms with Gasteiger partial charge in [-0.3, -0.25) is 4.79 Å². The lowest BCUT2D eigenvalue weighted by atomic mass is 9.99. The molecule has 2 aliphatic rings. The predicted octanol–water partition coefficient (Wildman–Crippen LogP) is 1.87. The van der Waals surface area contributed by atoms with Crippen LogP contribution < -0.4 is 10.6 Å². The lowest BCUT2D eigenvalue weighted by molar-refractivity contribution is -0.121. The summed E-state index contributed by atoms with van der Waals surface area (Å²) >= 11 is 0. The monoisotopic (exact) mass is 287 g/mol. The number of amides is 1. The molecule has 1 saturated heterocycles. The number of hydrogen-bond donors (Lipinski definition) is 2. The number of nitrogens with one attached hydrogen (secondary N) is 2. The second-order valence-corrected chi connectivity index (χ2v) is 6.37. The Balaban J connectivity index is 1.40. The highest BCUT2D eigenvalue weighted by Gasteiger charge is 2.26. The minimum absolute atomic E-state index is 0.108. The standard InChI is InChI=1S/C17H25N3O/c1-13-6-9-20(10-7-13)11-8-18-17(21)16-12-14-4-2-3-5-15(14)19-16/h2-5,13,16,19H,6-12H2,1H3,(H,18,21). The molecular formula is C17H25N3O. The van der Waals surface area contributed by atoms with Crippen molar-refractivity contribution in [1.82, 2.24) is 10.2 Å². The molecule has 3 rings (SSSR count). The Morgan fingerprint density at radius 1 is 1.33 bits per heavy atom. The molecule has 21 heavy (non-hydrogen) atoms. The van der Waals surface area contributed by atoms with Gasteiger partial charge >= 0.3 is 0 Å². The molecule has 0 aliphatic carbocycles. The Bertz CT molecular complexity index is 470. The quantitative estimate of drug-likeness (QED) is 0.888. The number of fused-ring (bicyclic) bond motifs is 1. The number of rotatable bonds is 4. The number of hydrogen-bond acceptors (Lipinski definition) is 3. The largest absolute Gasteiger partial charge is 0.373 e. The molecule has 0 aromatic heterocycles. The first kappa shape index (κ1) is 14.4. The SMILES string of the molecule is CC1CCN(CCNC(=O)C2Cc3ccccc3N2)CC1. The summed E-state index contributed by atoms with van der Waals surface area (Å²) < 4.78 is 0. The van der Waals surface area contributed by atoms with Crippen molar-refractivity contribution in [3.63, 3.8) is 0 Å². The topological polar surface area (TPSA) is 44.4 Å². The van der Waals surface area contributed by atoms with Crippen molar-refractivity contribution in [3.8, 4) is 0 Å². The van der Waals surface area contributed by atoms with Crippen LogP contribution in [0.15, 0.2) is 24.3 Å². The van der Waals surface area contributed by atoms with Crippen molar-refractivity contribution < 1.29 is 4.79 Å². The molecule has 1 fully saturated rings. The molecule has 1 atom stereocenters. The summed E-state index contributed by atoms with van der Waals surface area (Å²) in [5, 5.41) is 6.38. The number of carbonyl (C=O) groups excluding carboxylic acids is 1. The van der Waals surface area contributed by atoms with Gasteiger partial charge < -0.3 is 15.5 Å². The Kier molecular flexibility index (Phi) is 4.44. The van der Waals surface area contributed by atoms with Gasteiger partial charge in [0, 0.05) is 25.2 Å². The summed E-state index contributed by atoms with van der Waals surface area (Å²) in [5.74, 6) is 0.980. The van der Waals surface area contributed by atoms with Crippen molar-refractivity contribution in [2.75, 3.05) is 31.5 Å². The zero-order valence-electron chi connectivity index (χ0n) is 12.8. The molecule has 4 nitrogen and oxygen atoms in total. The van der Waals surface area contributed by atoms with Crippen LogP contribution in [0.25, 0.3) is 0 Å². The molecule has 0 radical (unpaired) electrons. The zero-order valence-corrected chi connectivity index (χ0v) is 12.8. The fraction of sp³-hybridized carbons (Fsp3) is 0.588. The normalized spacial score (nSPS) is 22.6. The fourth-order valence-electron chi connectivity index (χ4n) is 3.20.